The van der Waals surface area contributed by atoms with Crippen molar-refractivity contribution in [3.63, 3.8) is 0 Å². The van der Waals surface area contributed by atoms with E-state index >= 15 is 0 Å². The fourth-order valence-electron chi connectivity index (χ4n) is 1.60. The van der Waals surface area contributed by atoms with Crippen molar-refractivity contribution in [2.75, 3.05) is 33.7 Å². The van der Waals surface area contributed by atoms with Gasteiger partial charge < -0.3 is 4.90 Å². The van der Waals surface area contributed by atoms with Crippen LogP contribution in [0.3, 0.4) is 0 Å². The molecule has 0 bridgehead atoms. The molecule has 13 heavy (non-hydrogen) atoms. The first-order chi connectivity index (χ1) is 5.77. The van der Waals surface area contributed by atoms with Gasteiger partial charge in [-0.05, 0) is 21.0 Å². The molecule has 1 aliphatic rings. The zero-order chi connectivity index (χ0) is 10.3. The van der Waals surface area contributed by atoms with E-state index in [2.05, 4.69) is 0 Å². The monoisotopic (exact) mass is 196 g/mol. The summed E-state index contributed by atoms with van der Waals surface area (Å²) in [5, 5.41) is 0. The highest BCUT2D eigenvalue weighted by molar-refractivity contribution is 4.97. The Kier molecular flexibility index (Phi) is 2.60. The number of piperazine rings is 1. The number of alkyl halides is 3. The summed E-state index contributed by atoms with van der Waals surface area (Å²) in [6, 6.07) is 0. The van der Waals surface area contributed by atoms with Crippen LogP contribution in [0.15, 0.2) is 0 Å². The Labute approximate surface area is 76.3 Å². The van der Waals surface area contributed by atoms with Crippen molar-refractivity contribution in [3.05, 3.63) is 0 Å². The average Bonchev–Trinajstić information content (AvgIpc) is 1.95. The minimum atomic E-state index is -4.16. The summed E-state index contributed by atoms with van der Waals surface area (Å²) < 4.78 is 38.0. The Bertz CT molecular complexity index is 192. The lowest BCUT2D eigenvalue weighted by molar-refractivity contribution is -0.235. The van der Waals surface area contributed by atoms with E-state index in [-0.39, 0.29) is 6.54 Å². The van der Waals surface area contributed by atoms with Gasteiger partial charge >= 0.3 is 6.18 Å². The van der Waals surface area contributed by atoms with E-state index in [1.807, 2.05) is 0 Å². The van der Waals surface area contributed by atoms with Crippen molar-refractivity contribution < 1.29 is 13.2 Å². The van der Waals surface area contributed by atoms with Crippen LogP contribution in [0, 0.1) is 0 Å². The topological polar surface area (TPSA) is 6.48 Å². The van der Waals surface area contributed by atoms with Gasteiger partial charge in [-0.1, -0.05) is 0 Å². The zero-order valence-electron chi connectivity index (χ0n) is 8.15. The van der Waals surface area contributed by atoms with Crippen LogP contribution in [0.25, 0.3) is 0 Å². The van der Waals surface area contributed by atoms with Gasteiger partial charge in [0.15, 0.2) is 0 Å². The molecule has 5 heteroatoms. The first-order valence-electron chi connectivity index (χ1n) is 4.24. The van der Waals surface area contributed by atoms with Gasteiger partial charge in [-0.15, -0.1) is 0 Å². The Hall–Kier alpha value is -0.290. The van der Waals surface area contributed by atoms with Gasteiger partial charge in [0.25, 0.3) is 0 Å². The standard InChI is InChI=1S/C8H15F3N2/c1-7(8(9,10)11)6-12(2)4-5-13(7)3/h4-6H2,1-3H3. The second-order valence-corrected chi connectivity index (χ2v) is 3.93. The van der Waals surface area contributed by atoms with E-state index < -0.39 is 11.7 Å². The molecule has 0 aromatic carbocycles. The summed E-state index contributed by atoms with van der Waals surface area (Å²) in [4.78, 5) is 3.10. The summed E-state index contributed by atoms with van der Waals surface area (Å²) in [6.07, 6.45) is -4.16. The number of halogens is 3. The van der Waals surface area contributed by atoms with Crippen LogP contribution < -0.4 is 0 Å². The molecule has 0 aromatic rings. The number of likely N-dealkylation sites (N-methyl/N-ethyl adjacent to an activating group) is 2. The maximum atomic E-state index is 12.7. The minimum Gasteiger partial charge on any atom is -0.303 e. The molecule has 1 fully saturated rings. The number of hydrogen-bond acceptors (Lipinski definition) is 2. The molecular formula is C8H15F3N2. The van der Waals surface area contributed by atoms with Gasteiger partial charge in [0, 0.05) is 19.6 Å². The molecule has 0 amide bonds. The summed E-state index contributed by atoms with van der Waals surface area (Å²) in [5.41, 5.74) is -1.69. The van der Waals surface area contributed by atoms with Crippen molar-refractivity contribution >= 4 is 0 Å². The van der Waals surface area contributed by atoms with Gasteiger partial charge in [-0.3, -0.25) is 4.90 Å². The van der Waals surface area contributed by atoms with E-state index in [0.29, 0.717) is 13.1 Å². The third kappa shape index (κ3) is 1.81. The highest BCUT2D eigenvalue weighted by Crippen LogP contribution is 2.36. The van der Waals surface area contributed by atoms with E-state index in [1.54, 1.807) is 11.9 Å². The molecule has 1 unspecified atom stereocenters. The van der Waals surface area contributed by atoms with E-state index in [0.717, 1.165) is 0 Å². The highest BCUT2D eigenvalue weighted by Gasteiger charge is 2.55. The number of rotatable bonds is 0. The van der Waals surface area contributed by atoms with Gasteiger partial charge in [-0.25, -0.2) is 0 Å². The minimum absolute atomic E-state index is 0.0486. The third-order valence-corrected chi connectivity index (χ3v) is 2.85. The van der Waals surface area contributed by atoms with Crippen molar-refractivity contribution in [2.45, 2.75) is 18.6 Å². The molecule has 0 radical (unpaired) electrons. The molecule has 1 aliphatic heterocycles. The maximum Gasteiger partial charge on any atom is 0.407 e. The van der Waals surface area contributed by atoms with E-state index in [4.69, 9.17) is 0 Å². The fourth-order valence-corrected chi connectivity index (χ4v) is 1.60. The van der Waals surface area contributed by atoms with Gasteiger partial charge in [0.1, 0.15) is 5.54 Å². The van der Waals surface area contributed by atoms with Crippen LogP contribution in [-0.2, 0) is 0 Å². The summed E-state index contributed by atoms with van der Waals surface area (Å²) in [7, 11) is 3.25. The number of hydrogen-bond donors (Lipinski definition) is 0. The molecular weight excluding hydrogens is 181 g/mol. The molecule has 1 saturated heterocycles. The lowest BCUT2D eigenvalue weighted by Crippen LogP contribution is -2.65. The first kappa shape index (κ1) is 10.8. The molecule has 0 aromatic heterocycles. The lowest BCUT2D eigenvalue weighted by Gasteiger charge is -2.46. The van der Waals surface area contributed by atoms with Crippen LogP contribution in [0.1, 0.15) is 6.92 Å². The second kappa shape index (κ2) is 3.13. The second-order valence-electron chi connectivity index (χ2n) is 3.93. The van der Waals surface area contributed by atoms with Crippen molar-refractivity contribution in [2.24, 2.45) is 0 Å². The highest BCUT2D eigenvalue weighted by atomic mass is 19.4. The van der Waals surface area contributed by atoms with E-state index in [1.165, 1.54) is 18.9 Å². The Morgan fingerprint density at radius 2 is 1.69 bits per heavy atom. The lowest BCUT2D eigenvalue weighted by atomic mass is 9.96. The van der Waals surface area contributed by atoms with Crippen LogP contribution in [-0.4, -0.2) is 55.2 Å². The van der Waals surface area contributed by atoms with Crippen LogP contribution in [0.4, 0.5) is 13.2 Å². The Balaban J connectivity index is 2.85. The normalized spacial score (nSPS) is 33.7. The van der Waals surface area contributed by atoms with Crippen LogP contribution in [0.5, 0.6) is 0 Å². The molecule has 0 saturated carbocycles. The molecule has 1 heterocycles. The summed E-state index contributed by atoms with van der Waals surface area (Å²) in [5.74, 6) is 0. The molecule has 1 rings (SSSR count). The molecule has 1 atom stereocenters. The van der Waals surface area contributed by atoms with Crippen LogP contribution >= 0.6 is 0 Å². The molecule has 78 valence electrons. The van der Waals surface area contributed by atoms with E-state index in [9.17, 15) is 13.2 Å². The van der Waals surface area contributed by atoms with Crippen molar-refractivity contribution in [1.82, 2.24) is 9.80 Å². The summed E-state index contributed by atoms with van der Waals surface area (Å²) in [6.45, 7) is 2.46. The average molecular weight is 196 g/mol. The molecule has 0 N–H and O–H groups in total. The van der Waals surface area contributed by atoms with Crippen LogP contribution in [0.2, 0.25) is 0 Å². The zero-order valence-corrected chi connectivity index (χ0v) is 8.15. The smallest absolute Gasteiger partial charge is 0.303 e. The predicted molar refractivity (Wildman–Crippen MR) is 44.6 cm³/mol. The number of nitrogens with zero attached hydrogens (tertiary/aromatic N) is 2. The predicted octanol–water partition coefficient (Wildman–Crippen LogP) is 1.18. The van der Waals surface area contributed by atoms with Crippen molar-refractivity contribution in [3.8, 4) is 0 Å². The SMILES string of the molecule is CN1CCN(C)C(C)(C(F)(F)F)C1. The van der Waals surface area contributed by atoms with Gasteiger partial charge in [0.05, 0.1) is 0 Å². The third-order valence-electron chi connectivity index (χ3n) is 2.85. The Morgan fingerprint density at radius 3 is 2.08 bits per heavy atom. The van der Waals surface area contributed by atoms with Crippen molar-refractivity contribution in [1.29, 1.82) is 0 Å². The van der Waals surface area contributed by atoms with Gasteiger partial charge in [0.2, 0.25) is 0 Å². The molecule has 0 aliphatic carbocycles. The molecule has 0 spiro atoms. The maximum absolute atomic E-state index is 12.7. The largest absolute Gasteiger partial charge is 0.407 e. The Morgan fingerprint density at radius 1 is 1.15 bits per heavy atom. The van der Waals surface area contributed by atoms with Gasteiger partial charge in [-0.2, -0.15) is 13.2 Å². The first-order valence-corrected chi connectivity index (χ1v) is 4.24. The molecule has 2 nitrogen and oxygen atoms in total. The summed E-state index contributed by atoms with van der Waals surface area (Å²) >= 11 is 0. The quantitative estimate of drug-likeness (QED) is 0.574. The fraction of sp³-hybridized carbons (Fsp3) is 1.00.